The molecule has 1 saturated heterocycles. The van der Waals surface area contributed by atoms with E-state index in [4.69, 9.17) is 10.7 Å². The van der Waals surface area contributed by atoms with Crippen LogP contribution < -0.4 is 10.6 Å². The van der Waals surface area contributed by atoms with E-state index in [0.717, 1.165) is 42.6 Å². The number of halogens is 1. The van der Waals surface area contributed by atoms with Gasteiger partial charge < -0.3 is 10.6 Å². The van der Waals surface area contributed by atoms with Crippen molar-refractivity contribution in [3.8, 4) is 11.3 Å². The normalized spacial score (nSPS) is 15.3. The lowest BCUT2D eigenvalue weighted by atomic mass is 10.00. The van der Waals surface area contributed by atoms with Gasteiger partial charge in [-0.25, -0.2) is 9.97 Å². The number of nitrogens with zero attached hydrogens (tertiary/aromatic N) is 3. The fourth-order valence-corrected chi connectivity index (χ4v) is 2.88. The van der Waals surface area contributed by atoms with E-state index < -0.39 is 0 Å². The van der Waals surface area contributed by atoms with Crippen molar-refractivity contribution in [2.75, 3.05) is 24.5 Å². The molecule has 4 nitrogen and oxygen atoms in total. The molecule has 0 unspecified atom stereocenters. The van der Waals surface area contributed by atoms with Crippen molar-refractivity contribution in [1.82, 2.24) is 9.97 Å². The fraction of sp³-hybridized carbons (Fsp3) is 0.444. The molecule has 1 aromatic carbocycles. The second kappa shape index (κ2) is 8.27. The third-order valence-corrected chi connectivity index (χ3v) is 4.39. The van der Waals surface area contributed by atoms with Crippen molar-refractivity contribution in [1.29, 1.82) is 0 Å². The van der Waals surface area contributed by atoms with Crippen molar-refractivity contribution >= 4 is 18.4 Å². The molecule has 2 aromatic rings. The van der Waals surface area contributed by atoms with Crippen molar-refractivity contribution in [3.05, 3.63) is 42.1 Å². The third kappa shape index (κ3) is 4.43. The Balaban J connectivity index is 0.00000192. The Morgan fingerprint density at radius 1 is 1.13 bits per heavy atom. The maximum Gasteiger partial charge on any atom is 0.225 e. The molecule has 1 aliphatic rings. The van der Waals surface area contributed by atoms with Crippen molar-refractivity contribution in [2.45, 2.75) is 26.2 Å². The highest BCUT2D eigenvalue weighted by Gasteiger charge is 2.18. The van der Waals surface area contributed by atoms with E-state index in [1.165, 1.54) is 18.4 Å². The first-order valence-electron chi connectivity index (χ1n) is 8.13. The highest BCUT2D eigenvalue weighted by atomic mass is 35.5. The first kappa shape index (κ1) is 17.7. The smallest absolute Gasteiger partial charge is 0.225 e. The number of rotatable bonds is 4. The number of aromatic nitrogens is 2. The lowest BCUT2D eigenvalue weighted by Crippen LogP contribution is -2.34. The SMILES string of the molecule is CC1CCN(c2nccc(-c3ccc(CCN)cc3)n2)CC1.Cl. The summed E-state index contributed by atoms with van der Waals surface area (Å²) in [6.45, 7) is 5.11. The molecule has 0 radical (unpaired) electrons. The summed E-state index contributed by atoms with van der Waals surface area (Å²) in [5, 5.41) is 0. The lowest BCUT2D eigenvalue weighted by Gasteiger charge is -2.30. The van der Waals surface area contributed by atoms with Crippen LogP contribution in [0.3, 0.4) is 0 Å². The van der Waals surface area contributed by atoms with Crippen molar-refractivity contribution in [2.24, 2.45) is 11.7 Å². The van der Waals surface area contributed by atoms with Crippen LogP contribution in [0, 0.1) is 5.92 Å². The van der Waals surface area contributed by atoms with Gasteiger partial charge in [-0.1, -0.05) is 31.2 Å². The molecule has 1 aromatic heterocycles. The summed E-state index contributed by atoms with van der Waals surface area (Å²) < 4.78 is 0. The molecule has 0 bridgehead atoms. The van der Waals surface area contributed by atoms with Gasteiger partial charge in [-0.2, -0.15) is 0 Å². The molecule has 0 spiro atoms. The minimum absolute atomic E-state index is 0. The van der Waals surface area contributed by atoms with E-state index in [0.29, 0.717) is 6.54 Å². The molecule has 1 aliphatic heterocycles. The van der Waals surface area contributed by atoms with Crippen LogP contribution >= 0.6 is 12.4 Å². The zero-order valence-electron chi connectivity index (χ0n) is 13.6. The molecule has 0 atom stereocenters. The van der Waals surface area contributed by atoms with Gasteiger partial charge in [0.1, 0.15) is 0 Å². The summed E-state index contributed by atoms with van der Waals surface area (Å²) in [7, 11) is 0. The molecule has 2 heterocycles. The van der Waals surface area contributed by atoms with Crippen LogP contribution in [-0.4, -0.2) is 29.6 Å². The largest absolute Gasteiger partial charge is 0.341 e. The molecule has 0 aliphatic carbocycles. The minimum Gasteiger partial charge on any atom is -0.341 e. The van der Waals surface area contributed by atoms with Gasteiger partial charge in [0, 0.05) is 24.8 Å². The van der Waals surface area contributed by atoms with E-state index >= 15 is 0 Å². The maximum atomic E-state index is 5.60. The molecule has 0 amide bonds. The molecule has 23 heavy (non-hydrogen) atoms. The van der Waals surface area contributed by atoms with Crippen LogP contribution in [0.4, 0.5) is 5.95 Å². The topological polar surface area (TPSA) is 55.0 Å². The van der Waals surface area contributed by atoms with Gasteiger partial charge in [0.15, 0.2) is 0 Å². The molecule has 5 heteroatoms. The Morgan fingerprint density at radius 3 is 2.48 bits per heavy atom. The highest BCUT2D eigenvalue weighted by Crippen LogP contribution is 2.23. The molecule has 1 fully saturated rings. The second-order valence-electron chi connectivity index (χ2n) is 6.15. The highest BCUT2D eigenvalue weighted by molar-refractivity contribution is 5.85. The first-order chi connectivity index (χ1) is 10.8. The predicted octanol–water partition coefficient (Wildman–Crippen LogP) is 3.30. The van der Waals surface area contributed by atoms with Crippen LogP contribution in [0.15, 0.2) is 36.5 Å². The Labute approximate surface area is 144 Å². The molecular formula is C18H25ClN4. The number of piperidine rings is 1. The quantitative estimate of drug-likeness (QED) is 0.933. The van der Waals surface area contributed by atoms with E-state index in [1.54, 1.807) is 0 Å². The maximum absolute atomic E-state index is 5.60. The zero-order chi connectivity index (χ0) is 15.4. The summed E-state index contributed by atoms with van der Waals surface area (Å²) >= 11 is 0. The summed E-state index contributed by atoms with van der Waals surface area (Å²) in [6, 6.07) is 10.5. The molecule has 0 saturated carbocycles. The van der Waals surface area contributed by atoms with Crippen LogP contribution in [0.5, 0.6) is 0 Å². The Morgan fingerprint density at radius 2 is 1.83 bits per heavy atom. The molecular weight excluding hydrogens is 308 g/mol. The standard InChI is InChI=1S/C18H24N4.ClH/c1-14-8-12-22(13-9-14)18-20-11-7-17(21-18)16-4-2-15(3-5-16)6-10-19;/h2-5,7,11,14H,6,8-10,12-13,19H2,1H3;1H. The molecule has 2 N–H and O–H groups in total. The Bertz CT molecular complexity index is 607. The summed E-state index contributed by atoms with van der Waals surface area (Å²) in [5.41, 5.74) is 8.99. The van der Waals surface area contributed by atoms with E-state index in [2.05, 4.69) is 41.1 Å². The minimum atomic E-state index is 0. The number of hydrogen-bond donors (Lipinski definition) is 1. The summed E-state index contributed by atoms with van der Waals surface area (Å²) in [5.74, 6) is 1.67. The van der Waals surface area contributed by atoms with Crippen LogP contribution in [0.25, 0.3) is 11.3 Å². The average Bonchev–Trinajstić information content (AvgIpc) is 2.57. The number of anilines is 1. The summed E-state index contributed by atoms with van der Waals surface area (Å²) in [6.07, 6.45) is 5.23. The zero-order valence-corrected chi connectivity index (χ0v) is 14.4. The monoisotopic (exact) mass is 332 g/mol. The average molecular weight is 333 g/mol. The van der Waals surface area contributed by atoms with E-state index in [1.807, 2.05) is 12.3 Å². The van der Waals surface area contributed by atoms with Gasteiger partial charge in [-0.15, -0.1) is 12.4 Å². The molecule has 124 valence electrons. The summed E-state index contributed by atoms with van der Waals surface area (Å²) in [4.78, 5) is 11.5. The van der Waals surface area contributed by atoms with Crippen molar-refractivity contribution in [3.63, 3.8) is 0 Å². The van der Waals surface area contributed by atoms with Crippen LogP contribution in [0.1, 0.15) is 25.3 Å². The van der Waals surface area contributed by atoms with Crippen molar-refractivity contribution < 1.29 is 0 Å². The lowest BCUT2D eigenvalue weighted by molar-refractivity contribution is 0.434. The fourth-order valence-electron chi connectivity index (χ4n) is 2.88. The van der Waals surface area contributed by atoms with Gasteiger partial charge in [-0.3, -0.25) is 0 Å². The van der Waals surface area contributed by atoms with Crippen LogP contribution in [0.2, 0.25) is 0 Å². The van der Waals surface area contributed by atoms with Crippen LogP contribution in [-0.2, 0) is 6.42 Å². The first-order valence-corrected chi connectivity index (χ1v) is 8.13. The third-order valence-electron chi connectivity index (χ3n) is 4.39. The Kier molecular flexibility index (Phi) is 6.37. The van der Waals surface area contributed by atoms with Gasteiger partial charge in [0.25, 0.3) is 0 Å². The van der Waals surface area contributed by atoms with Gasteiger partial charge in [0.05, 0.1) is 5.69 Å². The van der Waals surface area contributed by atoms with E-state index in [9.17, 15) is 0 Å². The van der Waals surface area contributed by atoms with Gasteiger partial charge >= 0.3 is 0 Å². The second-order valence-corrected chi connectivity index (χ2v) is 6.15. The number of nitrogens with two attached hydrogens (primary N) is 1. The Hall–Kier alpha value is -1.65. The van der Waals surface area contributed by atoms with Gasteiger partial charge in [0.2, 0.25) is 5.95 Å². The number of hydrogen-bond acceptors (Lipinski definition) is 4. The van der Waals surface area contributed by atoms with Gasteiger partial charge in [-0.05, 0) is 43.4 Å². The van der Waals surface area contributed by atoms with E-state index in [-0.39, 0.29) is 12.4 Å². The number of benzene rings is 1. The predicted molar refractivity (Wildman–Crippen MR) is 98.1 cm³/mol. The molecule has 3 rings (SSSR count).